The maximum atomic E-state index is 13.8. The summed E-state index contributed by atoms with van der Waals surface area (Å²) in [5.41, 5.74) is -1.21. The van der Waals surface area contributed by atoms with Crippen LogP contribution in [0.1, 0.15) is 107 Å². The largest absolute Gasteiger partial charge is 0.506 e. The van der Waals surface area contributed by atoms with Crippen molar-refractivity contribution in [2.75, 3.05) is 33.2 Å². The molecule has 1 aromatic heterocycles. The Balaban J connectivity index is 1.32. The molecule has 0 spiro atoms. The topological polar surface area (TPSA) is 159 Å². The number of nitrogens with one attached hydrogen (secondary N) is 1. The van der Waals surface area contributed by atoms with Crippen LogP contribution in [0.25, 0.3) is 10.9 Å². The van der Waals surface area contributed by atoms with Crippen LogP contribution in [0.3, 0.4) is 0 Å². The Morgan fingerprint density at radius 3 is 2.27 bits per heavy atom. The monoisotopic (exact) mass is 841 g/mol. The van der Waals surface area contributed by atoms with Crippen molar-refractivity contribution in [2.24, 2.45) is 0 Å². The Bertz CT molecular complexity index is 2190. The second-order valence-electron chi connectivity index (χ2n) is 18.5. The van der Waals surface area contributed by atoms with Crippen LogP contribution >= 0.6 is 0 Å². The number of likely N-dealkylation sites (N-methyl/N-ethyl adjacent to an activating group) is 1. The van der Waals surface area contributed by atoms with Crippen molar-refractivity contribution in [1.82, 2.24) is 14.8 Å². The predicted octanol–water partition coefficient (Wildman–Crippen LogP) is 8.46. The van der Waals surface area contributed by atoms with Crippen molar-refractivity contribution in [3.8, 4) is 5.75 Å². The highest BCUT2D eigenvalue weighted by atomic mass is 28.4. The summed E-state index contributed by atoms with van der Waals surface area (Å²) in [6.07, 6.45) is 1.15. The zero-order chi connectivity index (χ0) is 44.0. The molecule has 1 unspecified atom stereocenters. The molecule has 324 valence electrons. The van der Waals surface area contributed by atoms with Gasteiger partial charge in [-0.3, -0.25) is 9.59 Å². The molecule has 4 aromatic rings. The van der Waals surface area contributed by atoms with Crippen LogP contribution in [0.5, 0.6) is 5.75 Å². The zero-order valence-corrected chi connectivity index (χ0v) is 37.7. The maximum Gasteiger partial charge on any atom is 0.410 e. The molecule has 3 N–H and O–H groups in total. The molecule has 0 radical (unpaired) electrons. The summed E-state index contributed by atoms with van der Waals surface area (Å²) in [7, 11) is -0.491. The number of carbonyl (C=O) groups is 3. The van der Waals surface area contributed by atoms with Gasteiger partial charge in [-0.15, -0.1) is 0 Å². The lowest BCUT2D eigenvalue weighted by Crippen LogP contribution is -2.46. The number of hydrogen-bond donors (Lipinski definition) is 3. The summed E-state index contributed by atoms with van der Waals surface area (Å²) < 4.78 is 18.8. The molecule has 0 saturated carbocycles. The fourth-order valence-electron chi connectivity index (χ4n) is 7.19. The van der Waals surface area contributed by atoms with E-state index in [1.54, 1.807) is 71.6 Å². The van der Waals surface area contributed by atoms with E-state index in [0.29, 0.717) is 60.8 Å². The van der Waals surface area contributed by atoms with Gasteiger partial charge in [0.15, 0.2) is 14.1 Å². The van der Waals surface area contributed by atoms with Crippen LogP contribution in [-0.2, 0) is 24.3 Å². The highest BCUT2D eigenvalue weighted by molar-refractivity contribution is 6.74. The van der Waals surface area contributed by atoms with Gasteiger partial charge >= 0.3 is 12.1 Å². The molecule has 3 atom stereocenters. The minimum Gasteiger partial charge on any atom is -0.506 e. The van der Waals surface area contributed by atoms with Crippen molar-refractivity contribution >= 4 is 37.1 Å². The first-order chi connectivity index (χ1) is 28.1. The number of likely N-dealkylation sites (tertiary alicyclic amines) is 1. The Kier molecular flexibility index (Phi) is 14.5. The van der Waals surface area contributed by atoms with E-state index in [1.807, 2.05) is 27.8 Å². The van der Waals surface area contributed by atoms with Gasteiger partial charge in [-0.05, 0) is 94.5 Å². The number of phenolic OH excluding ortho intramolecular Hbond substituents is 1. The number of benzene rings is 3. The quantitative estimate of drug-likeness (QED) is 0.0433. The van der Waals surface area contributed by atoms with E-state index in [0.717, 1.165) is 12.1 Å². The highest BCUT2D eigenvalue weighted by Gasteiger charge is 2.44. The van der Waals surface area contributed by atoms with Gasteiger partial charge in [-0.1, -0.05) is 81.8 Å². The molecular formula is C47H63N3O9Si. The number of ketones is 1. The number of aromatic amines is 1. The maximum absolute atomic E-state index is 13.8. The molecule has 1 saturated heterocycles. The van der Waals surface area contributed by atoms with E-state index in [1.165, 1.54) is 12.1 Å². The van der Waals surface area contributed by atoms with E-state index < -0.39 is 37.7 Å². The Morgan fingerprint density at radius 2 is 1.62 bits per heavy atom. The van der Waals surface area contributed by atoms with Crippen LogP contribution in [0.15, 0.2) is 83.7 Å². The number of ether oxygens (including phenoxy) is 2. The second kappa shape index (κ2) is 18.8. The first-order valence-corrected chi connectivity index (χ1v) is 23.8. The molecule has 12 nitrogen and oxygen atoms in total. The summed E-state index contributed by atoms with van der Waals surface area (Å²) in [5, 5.41) is 23.2. The number of pyridine rings is 1. The van der Waals surface area contributed by atoms with Gasteiger partial charge in [-0.2, -0.15) is 0 Å². The molecule has 0 bridgehead atoms. The lowest BCUT2D eigenvalue weighted by atomic mass is 9.85. The highest BCUT2D eigenvalue weighted by Crippen LogP contribution is 2.42. The molecular weight excluding hydrogens is 779 g/mol. The first kappa shape index (κ1) is 46.2. The predicted molar refractivity (Wildman–Crippen MR) is 236 cm³/mol. The minimum absolute atomic E-state index is 0.0651. The van der Waals surface area contributed by atoms with Gasteiger partial charge in [-0.25, -0.2) is 9.59 Å². The number of carbonyl (C=O) groups excluding carboxylic acids is 3. The van der Waals surface area contributed by atoms with E-state index in [2.05, 4.69) is 43.7 Å². The van der Waals surface area contributed by atoms with Crippen LogP contribution in [0.2, 0.25) is 18.1 Å². The normalized spacial score (nSPS) is 16.6. The molecule has 60 heavy (non-hydrogen) atoms. The summed E-state index contributed by atoms with van der Waals surface area (Å²) >= 11 is 0. The van der Waals surface area contributed by atoms with Crippen LogP contribution in [-0.4, -0.2) is 96.1 Å². The van der Waals surface area contributed by atoms with Gasteiger partial charge in [0.05, 0.1) is 18.2 Å². The van der Waals surface area contributed by atoms with Gasteiger partial charge < -0.3 is 38.9 Å². The molecule has 1 amide bonds. The van der Waals surface area contributed by atoms with Crippen molar-refractivity contribution in [3.63, 3.8) is 0 Å². The minimum atomic E-state index is -2.45. The standard InChI is InChI=1S/C47H63N3O9Si/c1-45(2,3)58-44(55)50(31-40(59-60(8,9)46(4,5)6)36-22-24-39(52)42-37(36)23-25-41(53)48-42)27-15-11-14-21-38(51)32-17-16-20-34(29-32)47(56,33-18-12-10-13-19-33)43(54)57-35-26-28-49(7)30-35/h10,12-13,16-20,22-25,29,35,40,52,56H,11,14-15,21,26-28,30-31H2,1-9H3,(H,48,53)/t35-,40+,47?/m1/s1. The van der Waals surface area contributed by atoms with Crippen LogP contribution in [0, 0.1) is 0 Å². The van der Waals surface area contributed by atoms with Crippen molar-refractivity contribution in [3.05, 3.63) is 111 Å². The Hall–Kier alpha value is -4.82. The Morgan fingerprint density at radius 1 is 0.917 bits per heavy atom. The lowest BCUT2D eigenvalue weighted by molar-refractivity contribution is -0.167. The van der Waals surface area contributed by atoms with Gasteiger partial charge in [0.2, 0.25) is 11.2 Å². The van der Waals surface area contributed by atoms with Crippen LogP contribution in [0.4, 0.5) is 4.79 Å². The third kappa shape index (κ3) is 11.3. The van der Waals surface area contributed by atoms with Crippen molar-refractivity contribution < 1.29 is 38.5 Å². The molecule has 0 aliphatic carbocycles. The summed E-state index contributed by atoms with van der Waals surface area (Å²) in [4.78, 5) is 59.9. The molecule has 3 aromatic carbocycles. The number of Topliss-reactive ketones (excluding diaryl/α,β-unsaturated/α-hetero) is 1. The number of phenols is 1. The second-order valence-corrected chi connectivity index (χ2v) is 23.3. The summed E-state index contributed by atoms with van der Waals surface area (Å²) in [6, 6.07) is 21.6. The number of hydrogen-bond acceptors (Lipinski definition) is 10. The zero-order valence-electron chi connectivity index (χ0n) is 36.7. The van der Waals surface area contributed by atoms with Gasteiger partial charge in [0, 0.05) is 48.6 Å². The summed E-state index contributed by atoms with van der Waals surface area (Å²) in [5.74, 6) is -0.981. The number of aromatic hydroxyl groups is 1. The molecule has 1 fully saturated rings. The number of fused-ring (bicyclic) bond motifs is 1. The van der Waals surface area contributed by atoms with Crippen molar-refractivity contribution in [1.29, 1.82) is 0 Å². The SMILES string of the molecule is CN1CC[C@@H](OC(=O)C(O)(c2ccccc2)c2cccc(C(=O)CCCCCN(C[C@H](O[Si](C)(C)C(C)(C)C)c3ccc(O)c4[nH]c(=O)ccc34)C(=O)OC(C)(C)C)c2)C1. The van der Waals surface area contributed by atoms with Crippen LogP contribution < -0.4 is 5.56 Å². The third-order valence-electron chi connectivity index (χ3n) is 11.6. The van der Waals surface area contributed by atoms with Gasteiger partial charge in [0.25, 0.3) is 0 Å². The number of unbranched alkanes of at least 4 members (excludes halogenated alkanes) is 2. The molecule has 5 rings (SSSR count). The van der Waals surface area contributed by atoms with Crippen molar-refractivity contribution in [2.45, 2.75) is 115 Å². The molecule has 13 heteroatoms. The first-order valence-electron chi connectivity index (χ1n) is 20.9. The lowest BCUT2D eigenvalue weighted by Gasteiger charge is -2.41. The number of H-pyrrole nitrogens is 1. The fourth-order valence-corrected chi connectivity index (χ4v) is 8.46. The number of nitrogens with zero attached hydrogens (tertiary/aromatic N) is 2. The molecule has 2 heterocycles. The van der Waals surface area contributed by atoms with E-state index >= 15 is 0 Å². The smallest absolute Gasteiger partial charge is 0.410 e. The van der Waals surface area contributed by atoms with E-state index in [-0.39, 0.29) is 46.8 Å². The Labute approximate surface area is 355 Å². The third-order valence-corrected chi connectivity index (χ3v) is 16.1. The molecule has 1 aliphatic heterocycles. The average molecular weight is 842 g/mol. The number of aromatic nitrogens is 1. The average Bonchev–Trinajstić information content (AvgIpc) is 3.59. The van der Waals surface area contributed by atoms with E-state index in [9.17, 15) is 29.4 Å². The van der Waals surface area contributed by atoms with E-state index in [4.69, 9.17) is 13.9 Å². The fraction of sp³-hybridized carbons (Fsp3) is 0.489. The number of amides is 1. The number of rotatable bonds is 16. The number of esters is 1. The van der Waals surface area contributed by atoms with Gasteiger partial charge in [0.1, 0.15) is 17.5 Å². The summed E-state index contributed by atoms with van der Waals surface area (Å²) in [6.45, 7) is 18.0. The molecule has 1 aliphatic rings. The number of aliphatic hydroxyl groups is 1.